The first kappa shape index (κ1) is 13.6. The minimum absolute atomic E-state index is 0.0182. The van der Waals surface area contributed by atoms with E-state index in [4.69, 9.17) is 0 Å². The van der Waals surface area contributed by atoms with Crippen LogP contribution < -0.4 is 5.32 Å². The quantitative estimate of drug-likeness (QED) is 0.863. The van der Waals surface area contributed by atoms with Crippen molar-refractivity contribution in [3.8, 4) is 0 Å². The molecule has 1 N–H and O–H groups in total. The summed E-state index contributed by atoms with van der Waals surface area (Å²) in [6, 6.07) is 7.41. The number of hydrogen-bond donors (Lipinski definition) is 1. The van der Waals surface area contributed by atoms with Crippen molar-refractivity contribution in [2.75, 3.05) is 18.4 Å². The summed E-state index contributed by atoms with van der Waals surface area (Å²) in [7, 11) is 0. The van der Waals surface area contributed by atoms with E-state index in [2.05, 4.69) is 21.2 Å². The molecule has 1 aromatic rings. The molecule has 0 spiro atoms. The summed E-state index contributed by atoms with van der Waals surface area (Å²) in [6.45, 7) is 1.60. The van der Waals surface area contributed by atoms with Gasteiger partial charge in [-0.2, -0.15) is 0 Å². The van der Waals surface area contributed by atoms with Crippen LogP contribution in [0.4, 0.5) is 5.69 Å². The van der Waals surface area contributed by atoms with Gasteiger partial charge >= 0.3 is 0 Å². The molecule has 5 heteroatoms. The summed E-state index contributed by atoms with van der Waals surface area (Å²) >= 11 is 3.36. The van der Waals surface area contributed by atoms with Crippen LogP contribution >= 0.6 is 15.9 Å². The smallest absolute Gasteiger partial charge is 0.240 e. The van der Waals surface area contributed by atoms with Crippen molar-refractivity contribution in [1.82, 2.24) is 4.90 Å². The first-order valence-electron chi connectivity index (χ1n) is 6.98. The molecular weight excluding hydrogens is 320 g/mol. The van der Waals surface area contributed by atoms with Gasteiger partial charge in [-0.05, 0) is 49.9 Å². The third-order valence-corrected chi connectivity index (χ3v) is 4.62. The molecule has 0 radical (unpaired) electrons. The highest BCUT2D eigenvalue weighted by molar-refractivity contribution is 9.10. The Morgan fingerprint density at radius 3 is 2.25 bits per heavy atom. The first-order valence-corrected chi connectivity index (χ1v) is 7.77. The predicted molar refractivity (Wildman–Crippen MR) is 80.3 cm³/mol. The number of carbonyl (C=O) groups is 2. The van der Waals surface area contributed by atoms with Crippen molar-refractivity contribution in [2.24, 2.45) is 5.41 Å². The van der Waals surface area contributed by atoms with Gasteiger partial charge in [-0.1, -0.05) is 15.9 Å². The number of nitrogens with zero attached hydrogens (tertiary/aromatic N) is 1. The highest BCUT2D eigenvalue weighted by Gasteiger charge is 2.58. The molecule has 1 heterocycles. The molecule has 106 valence electrons. The summed E-state index contributed by atoms with van der Waals surface area (Å²) in [4.78, 5) is 26.7. The SMILES string of the molecule is O=C(Nc1ccc(Br)cc1)C1(C(=O)N2CCCC2)CC1. The van der Waals surface area contributed by atoms with Crippen molar-refractivity contribution in [3.63, 3.8) is 0 Å². The van der Waals surface area contributed by atoms with Gasteiger partial charge in [0, 0.05) is 23.2 Å². The fourth-order valence-electron chi connectivity index (χ4n) is 2.67. The van der Waals surface area contributed by atoms with Crippen LogP contribution in [0.1, 0.15) is 25.7 Å². The van der Waals surface area contributed by atoms with E-state index >= 15 is 0 Å². The van der Waals surface area contributed by atoms with Gasteiger partial charge in [0.25, 0.3) is 0 Å². The number of amides is 2. The van der Waals surface area contributed by atoms with Crippen LogP contribution in [-0.4, -0.2) is 29.8 Å². The molecule has 2 fully saturated rings. The van der Waals surface area contributed by atoms with Crippen molar-refractivity contribution < 1.29 is 9.59 Å². The summed E-state index contributed by atoms with van der Waals surface area (Å²) in [5, 5.41) is 2.87. The zero-order valence-corrected chi connectivity index (χ0v) is 12.8. The van der Waals surface area contributed by atoms with E-state index in [1.807, 2.05) is 29.2 Å². The van der Waals surface area contributed by atoms with E-state index in [-0.39, 0.29) is 11.8 Å². The standard InChI is InChI=1S/C15H17BrN2O2/c16-11-3-5-12(6-4-11)17-13(19)15(7-8-15)14(20)18-9-1-2-10-18/h3-6H,1-2,7-10H2,(H,17,19). The Labute approximate surface area is 126 Å². The largest absolute Gasteiger partial charge is 0.342 e. The maximum absolute atomic E-state index is 12.5. The van der Waals surface area contributed by atoms with Gasteiger partial charge < -0.3 is 10.2 Å². The summed E-state index contributed by atoms with van der Waals surface area (Å²) in [6.07, 6.45) is 3.45. The van der Waals surface area contributed by atoms with E-state index in [1.54, 1.807) is 0 Å². The van der Waals surface area contributed by atoms with Crippen LogP contribution in [0.15, 0.2) is 28.7 Å². The minimum atomic E-state index is -0.794. The maximum atomic E-state index is 12.5. The molecule has 1 aliphatic heterocycles. The number of nitrogens with one attached hydrogen (secondary N) is 1. The van der Waals surface area contributed by atoms with E-state index < -0.39 is 5.41 Å². The normalized spacial score (nSPS) is 19.8. The van der Waals surface area contributed by atoms with Crippen LogP contribution in [0.2, 0.25) is 0 Å². The maximum Gasteiger partial charge on any atom is 0.240 e. The average molecular weight is 337 g/mol. The van der Waals surface area contributed by atoms with E-state index in [0.29, 0.717) is 12.8 Å². The Balaban J connectivity index is 1.69. The molecule has 1 saturated carbocycles. The minimum Gasteiger partial charge on any atom is -0.342 e. The number of anilines is 1. The Morgan fingerprint density at radius 2 is 1.70 bits per heavy atom. The second-order valence-electron chi connectivity index (χ2n) is 5.54. The third kappa shape index (κ3) is 2.46. The van der Waals surface area contributed by atoms with Gasteiger partial charge in [-0.25, -0.2) is 0 Å². The molecule has 0 unspecified atom stereocenters. The lowest BCUT2D eigenvalue weighted by Crippen LogP contribution is -2.41. The van der Waals surface area contributed by atoms with Crippen molar-refractivity contribution in [1.29, 1.82) is 0 Å². The van der Waals surface area contributed by atoms with Crippen molar-refractivity contribution in [3.05, 3.63) is 28.7 Å². The molecular formula is C15H17BrN2O2. The Kier molecular flexibility index (Phi) is 3.54. The number of rotatable bonds is 3. The Morgan fingerprint density at radius 1 is 1.10 bits per heavy atom. The zero-order chi connectivity index (χ0) is 14.2. The average Bonchev–Trinajstić information content (AvgIpc) is 3.08. The molecule has 0 bridgehead atoms. The Bertz CT molecular complexity index is 531. The molecule has 1 saturated heterocycles. The van der Waals surface area contributed by atoms with Crippen LogP contribution in [0.25, 0.3) is 0 Å². The lowest BCUT2D eigenvalue weighted by molar-refractivity contribution is -0.141. The third-order valence-electron chi connectivity index (χ3n) is 4.09. The van der Waals surface area contributed by atoms with Crippen molar-refractivity contribution >= 4 is 33.4 Å². The fraction of sp³-hybridized carbons (Fsp3) is 0.467. The molecule has 3 rings (SSSR count). The van der Waals surface area contributed by atoms with Gasteiger partial charge in [0.1, 0.15) is 5.41 Å². The summed E-state index contributed by atoms with van der Waals surface area (Å²) in [5.41, 5.74) is -0.0593. The van der Waals surface area contributed by atoms with Crippen LogP contribution in [0, 0.1) is 5.41 Å². The predicted octanol–water partition coefficient (Wildman–Crippen LogP) is 2.79. The van der Waals surface area contributed by atoms with Gasteiger partial charge in [0.15, 0.2) is 0 Å². The first-order chi connectivity index (χ1) is 9.62. The van der Waals surface area contributed by atoms with Gasteiger partial charge in [0.2, 0.25) is 11.8 Å². The van der Waals surface area contributed by atoms with Crippen LogP contribution in [-0.2, 0) is 9.59 Å². The van der Waals surface area contributed by atoms with Crippen LogP contribution in [0.5, 0.6) is 0 Å². The highest BCUT2D eigenvalue weighted by Crippen LogP contribution is 2.48. The second kappa shape index (κ2) is 5.20. The Hall–Kier alpha value is -1.36. The molecule has 0 atom stereocenters. The highest BCUT2D eigenvalue weighted by atomic mass is 79.9. The molecule has 2 amide bonds. The molecule has 4 nitrogen and oxygen atoms in total. The molecule has 20 heavy (non-hydrogen) atoms. The summed E-state index contributed by atoms with van der Waals surface area (Å²) < 4.78 is 0.963. The topological polar surface area (TPSA) is 49.4 Å². The van der Waals surface area contributed by atoms with Crippen LogP contribution in [0.3, 0.4) is 0 Å². The molecule has 0 aromatic heterocycles. The molecule has 1 aliphatic carbocycles. The molecule has 1 aromatic carbocycles. The number of benzene rings is 1. The zero-order valence-electron chi connectivity index (χ0n) is 11.2. The second-order valence-corrected chi connectivity index (χ2v) is 6.46. The number of hydrogen-bond acceptors (Lipinski definition) is 2. The molecule has 2 aliphatic rings. The number of halogens is 1. The number of likely N-dealkylation sites (tertiary alicyclic amines) is 1. The van der Waals surface area contributed by atoms with E-state index in [9.17, 15) is 9.59 Å². The van der Waals surface area contributed by atoms with Gasteiger partial charge in [-0.15, -0.1) is 0 Å². The lowest BCUT2D eigenvalue weighted by atomic mass is 10.0. The number of carbonyl (C=O) groups excluding carboxylic acids is 2. The van der Waals surface area contributed by atoms with E-state index in [1.165, 1.54) is 0 Å². The van der Waals surface area contributed by atoms with Crippen molar-refractivity contribution in [2.45, 2.75) is 25.7 Å². The monoisotopic (exact) mass is 336 g/mol. The fourth-order valence-corrected chi connectivity index (χ4v) is 2.93. The van der Waals surface area contributed by atoms with E-state index in [0.717, 1.165) is 36.1 Å². The lowest BCUT2D eigenvalue weighted by Gasteiger charge is -2.22. The summed E-state index contributed by atoms with van der Waals surface area (Å²) in [5.74, 6) is -0.138. The van der Waals surface area contributed by atoms with Gasteiger partial charge in [-0.3, -0.25) is 9.59 Å². The van der Waals surface area contributed by atoms with Gasteiger partial charge in [0.05, 0.1) is 0 Å².